The number of carbonyl (C=O) groups excluding carboxylic acids is 1. The molecule has 0 radical (unpaired) electrons. The molecule has 1 aromatic rings. The van der Waals surface area contributed by atoms with E-state index in [-0.39, 0.29) is 6.61 Å². The predicted molar refractivity (Wildman–Crippen MR) is 94.2 cm³/mol. The fourth-order valence-electron chi connectivity index (χ4n) is 2.77. The molecular weight excluding hydrogens is 308 g/mol. The first-order valence-electron chi connectivity index (χ1n) is 7.94. The number of benzene rings is 1. The molecule has 0 amide bonds. The number of hydrogen-bond donors (Lipinski definition) is 0. The average Bonchev–Trinajstić information content (AvgIpc) is 2.57. The van der Waals surface area contributed by atoms with Crippen molar-refractivity contribution in [3.8, 4) is 11.5 Å². The van der Waals surface area contributed by atoms with Gasteiger partial charge in [0.25, 0.3) is 0 Å². The third-order valence-electron chi connectivity index (χ3n) is 4.29. The lowest BCUT2D eigenvalue weighted by Crippen LogP contribution is -2.05. The molecule has 0 spiro atoms. The fraction of sp³-hybridized carbons (Fsp3) is 0.526. The number of hydrogen-bond acceptors (Lipinski definition) is 5. The lowest BCUT2D eigenvalue weighted by atomic mass is 9.93. The summed E-state index contributed by atoms with van der Waals surface area (Å²) in [5, 5.41) is 0. The molecule has 0 fully saturated rings. The molecule has 0 bridgehead atoms. The molecule has 0 saturated carbocycles. The zero-order valence-electron chi connectivity index (χ0n) is 15.7. The summed E-state index contributed by atoms with van der Waals surface area (Å²) < 4.78 is 20.5. The highest BCUT2D eigenvalue weighted by atomic mass is 16.7. The monoisotopic (exact) mass is 336 g/mol. The second kappa shape index (κ2) is 9.21. The van der Waals surface area contributed by atoms with Crippen LogP contribution >= 0.6 is 0 Å². The minimum atomic E-state index is -0.671. The van der Waals surface area contributed by atoms with Crippen molar-refractivity contribution in [1.29, 1.82) is 0 Å². The third kappa shape index (κ3) is 4.66. The summed E-state index contributed by atoms with van der Waals surface area (Å²) in [6.45, 7) is 8.38. The molecule has 5 heteroatoms. The van der Waals surface area contributed by atoms with Crippen LogP contribution in [0.1, 0.15) is 35.6 Å². The van der Waals surface area contributed by atoms with Crippen molar-refractivity contribution in [3.05, 3.63) is 33.9 Å². The van der Waals surface area contributed by atoms with Crippen molar-refractivity contribution < 1.29 is 23.7 Å². The van der Waals surface area contributed by atoms with Crippen LogP contribution in [0.15, 0.2) is 11.6 Å². The Hall–Kier alpha value is -2.17. The van der Waals surface area contributed by atoms with Gasteiger partial charge in [0.05, 0.1) is 21.3 Å². The Morgan fingerprint density at radius 1 is 0.958 bits per heavy atom. The van der Waals surface area contributed by atoms with Crippen LogP contribution in [0.25, 0.3) is 0 Å². The van der Waals surface area contributed by atoms with Crippen LogP contribution in [-0.2, 0) is 15.9 Å². The Balaban J connectivity index is 2.93. The molecule has 0 aliphatic rings. The van der Waals surface area contributed by atoms with Gasteiger partial charge in [-0.1, -0.05) is 5.57 Å². The summed E-state index contributed by atoms with van der Waals surface area (Å²) in [4.78, 5) is 10.9. The number of allylic oxidation sites excluding steroid dienone is 1. The summed E-state index contributed by atoms with van der Waals surface area (Å²) in [6.07, 6.45) is 2.88. The Labute approximate surface area is 144 Å². The van der Waals surface area contributed by atoms with Gasteiger partial charge in [-0.15, -0.1) is 0 Å². The van der Waals surface area contributed by atoms with Crippen molar-refractivity contribution >= 4 is 6.16 Å². The number of rotatable bonds is 7. The molecule has 1 aromatic carbocycles. The summed E-state index contributed by atoms with van der Waals surface area (Å²) >= 11 is 0. The molecule has 0 saturated heterocycles. The number of methoxy groups -OCH3 is 3. The number of carbonyl (C=O) groups is 1. The normalized spacial score (nSPS) is 11.2. The SMILES string of the molecule is COC(=O)OC/C=C(\C)CCc1c(C)c(OC)c(C)c(C)c1OC. The maximum Gasteiger partial charge on any atom is 0.508 e. The van der Waals surface area contributed by atoms with Crippen LogP contribution in [-0.4, -0.2) is 34.1 Å². The summed E-state index contributed by atoms with van der Waals surface area (Å²) in [5.41, 5.74) is 5.60. The van der Waals surface area contributed by atoms with E-state index in [1.165, 1.54) is 7.11 Å². The molecule has 1 rings (SSSR count). The Kier molecular flexibility index (Phi) is 7.62. The van der Waals surface area contributed by atoms with Gasteiger partial charge in [0.1, 0.15) is 18.1 Å². The van der Waals surface area contributed by atoms with E-state index in [0.29, 0.717) is 0 Å². The van der Waals surface area contributed by atoms with E-state index in [0.717, 1.165) is 52.2 Å². The maximum atomic E-state index is 10.9. The van der Waals surface area contributed by atoms with Crippen molar-refractivity contribution in [3.63, 3.8) is 0 Å². The third-order valence-corrected chi connectivity index (χ3v) is 4.29. The summed E-state index contributed by atoms with van der Waals surface area (Å²) in [6, 6.07) is 0. The Bertz CT molecular complexity index is 617. The zero-order chi connectivity index (χ0) is 18.3. The van der Waals surface area contributed by atoms with E-state index < -0.39 is 6.16 Å². The lowest BCUT2D eigenvalue weighted by molar-refractivity contribution is 0.0816. The zero-order valence-corrected chi connectivity index (χ0v) is 15.7. The van der Waals surface area contributed by atoms with Gasteiger partial charge in [0, 0.05) is 5.56 Å². The smallest absolute Gasteiger partial charge is 0.496 e. The highest BCUT2D eigenvalue weighted by molar-refractivity contribution is 5.59. The van der Waals surface area contributed by atoms with Gasteiger partial charge in [0.2, 0.25) is 0 Å². The van der Waals surface area contributed by atoms with Gasteiger partial charge < -0.3 is 18.9 Å². The second-order valence-corrected chi connectivity index (χ2v) is 5.74. The van der Waals surface area contributed by atoms with E-state index in [4.69, 9.17) is 14.2 Å². The predicted octanol–water partition coefficient (Wildman–Crippen LogP) is 4.29. The Morgan fingerprint density at radius 3 is 2.08 bits per heavy atom. The van der Waals surface area contributed by atoms with Crippen LogP contribution in [0.3, 0.4) is 0 Å². The minimum absolute atomic E-state index is 0.213. The molecular formula is C19H28O5. The van der Waals surface area contributed by atoms with E-state index in [1.54, 1.807) is 14.2 Å². The molecule has 0 unspecified atom stereocenters. The van der Waals surface area contributed by atoms with E-state index in [2.05, 4.69) is 11.7 Å². The van der Waals surface area contributed by atoms with Crippen molar-refractivity contribution in [2.75, 3.05) is 27.9 Å². The van der Waals surface area contributed by atoms with Gasteiger partial charge >= 0.3 is 6.16 Å². The van der Waals surface area contributed by atoms with Gasteiger partial charge in [-0.25, -0.2) is 4.79 Å². The topological polar surface area (TPSA) is 54.0 Å². The number of ether oxygens (including phenoxy) is 4. The highest BCUT2D eigenvalue weighted by Crippen LogP contribution is 2.38. The molecule has 0 N–H and O–H groups in total. The molecule has 0 heterocycles. The standard InChI is InChI=1S/C19H28O5/c1-12(10-11-24-19(20)23-7)8-9-16-15(4)17(21-5)13(2)14(3)18(16)22-6/h10H,8-9,11H2,1-7H3/b12-10+. The summed E-state index contributed by atoms with van der Waals surface area (Å²) in [5.74, 6) is 1.84. The molecule has 0 atom stereocenters. The lowest BCUT2D eigenvalue weighted by Gasteiger charge is -2.20. The Morgan fingerprint density at radius 2 is 1.54 bits per heavy atom. The average molecular weight is 336 g/mol. The van der Waals surface area contributed by atoms with Crippen molar-refractivity contribution in [2.24, 2.45) is 0 Å². The van der Waals surface area contributed by atoms with Gasteiger partial charge in [-0.2, -0.15) is 0 Å². The largest absolute Gasteiger partial charge is 0.508 e. The van der Waals surface area contributed by atoms with Gasteiger partial charge in [-0.3, -0.25) is 0 Å². The summed E-state index contributed by atoms with van der Waals surface area (Å²) in [7, 11) is 4.69. The van der Waals surface area contributed by atoms with Crippen LogP contribution in [0, 0.1) is 20.8 Å². The second-order valence-electron chi connectivity index (χ2n) is 5.74. The van der Waals surface area contributed by atoms with Crippen LogP contribution < -0.4 is 9.47 Å². The molecule has 0 aliphatic carbocycles. The highest BCUT2D eigenvalue weighted by Gasteiger charge is 2.18. The van der Waals surface area contributed by atoms with Crippen molar-refractivity contribution in [1.82, 2.24) is 0 Å². The first-order valence-corrected chi connectivity index (χ1v) is 7.94. The van der Waals surface area contributed by atoms with Crippen molar-refractivity contribution in [2.45, 2.75) is 40.5 Å². The van der Waals surface area contributed by atoms with E-state index in [1.807, 2.05) is 26.8 Å². The maximum absolute atomic E-state index is 10.9. The fourth-order valence-corrected chi connectivity index (χ4v) is 2.77. The minimum Gasteiger partial charge on any atom is -0.496 e. The first kappa shape index (κ1) is 19.9. The van der Waals surface area contributed by atoms with Gasteiger partial charge in [0.15, 0.2) is 0 Å². The quantitative estimate of drug-likeness (QED) is 0.549. The van der Waals surface area contributed by atoms with Crippen LogP contribution in [0.2, 0.25) is 0 Å². The van der Waals surface area contributed by atoms with E-state index >= 15 is 0 Å². The first-order chi connectivity index (χ1) is 11.4. The van der Waals surface area contributed by atoms with E-state index in [9.17, 15) is 4.79 Å². The molecule has 5 nitrogen and oxygen atoms in total. The van der Waals surface area contributed by atoms with Crippen LogP contribution in [0.5, 0.6) is 11.5 Å². The molecule has 0 aliphatic heterocycles. The molecule has 134 valence electrons. The molecule has 0 aromatic heterocycles. The van der Waals surface area contributed by atoms with Crippen LogP contribution in [0.4, 0.5) is 4.79 Å². The van der Waals surface area contributed by atoms with Gasteiger partial charge in [-0.05, 0) is 63.3 Å². The molecule has 24 heavy (non-hydrogen) atoms.